The monoisotopic (exact) mass is 319 g/mol. The summed E-state index contributed by atoms with van der Waals surface area (Å²) in [6.07, 6.45) is 1.20. The Hall–Kier alpha value is -2.07. The van der Waals surface area contributed by atoms with Crippen LogP contribution in [0.2, 0.25) is 5.02 Å². The largest absolute Gasteiger partial charge is 0.476 e. The van der Waals surface area contributed by atoms with Crippen LogP contribution in [-0.2, 0) is 4.79 Å². The van der Waals surface area contributed by atoms with Gasteiger partial charge in [0.05, 0.1) is 5.02 Å². The molecule has 0 radical (unpaired) electrons. The fourth-order valence-corrected chi connectivity index (χ4v) is 2.26. The maximum absolute atomic E-state index is 13.2. The number of hydrogen-bond donors (Lipinski definition) is 1. The molecule has 2 aromatic carbocycles. The molecule has 0 saturated heterocycles. The molecule has 2 aromatic rings. The Labute approximate surface area is 133 Å². The van der Waals surface area contributed by atoms with Gasteiger partial charge in [-0.25, -0.2) is 4.39 Å². The van der Waals surface area contributed by atoms with E-state index in [9.17, 15) is 9.18 Å². The van der Waals surface area contributed by atoms with E-state index in [0.717, 1.165) is 18.4 Å². The number of halogens is 2. The van der Waals surface area contributed by atoms with Crippen LogP contribution in [0.3, 0.4) is 0 Å². The van der Waals surface area contributed by atoms with E-state index in [4.69, 9.17) is 16.3 Å². The van der Waals surface area contributed by atoms with E-state index in [1.165, 1.54) is 18.2 Å². The predicted octanol–water partition coefficient (Wildman–Crippen LogP) is 3.88. The Balaban J connectivity index is 1.83. The van der Waals surface area contributed by atoms with Gasteiger partial charge >= 0.3 is 0 Å². The molecule has 1 atom stereocenters. The highest BCUT2D eigenvalue weighted by Crippen LogP contribution is 2.27. The van der Waals surface area contributed by atoms with Gasteiger partial charge in [0.1, 0.15) is 11.6 Å². The van der Waals surface area contributed by atoms with Gasteiger partial charge in [0.2, 0.25) is 6.10 Å². The second-order valence-electron chi connectivity index (χ2n) is 5.27. The molecule has 3 rings (SSSR count). The fourth-order valence-electron chi connectivity index (χ4n) is 2.09. The molecule has 0 spiro atoms. The van der Waals surface area contributed by atoms with Crippen molar-refractivity contribution in [3.05, 3.63) is 64.9 Å². The third-order valence-corrected chi connectivity index (χ3v) is 3.70. The number of benzene rings is 2. The first-order chi connectivity index (χ1) is 10.6. The molecule has 0 aliphatic heterocycles. The van der Waals surface area contributed by atoms with Crippen LogP contribution in [0.5, 0.6) is 5.75 Å². The lowest BCUT2D eigenvalue weighted by atomic mass is 10.1. The van der Waals surface area contributed by atoms with E-state index in [-0.39, 0.29) is 17.0 Å². The summed E-state index contributed by atoms with van der Waals surface area (Å²) in [5.41, 5.74) is 0.737. The highest BCUT2D eigenvalue weighted by molar-refractivity contribution is 6.30. The lowest BCUT2D eigenvalue weighted by Gasteiger charge is -2.19. The SMILES string of the molecule is O=C(NC1CC1)[C@H](Oc1ccc(F)c(Cl)c1)c1ccccc1. The van der Waals surface area contributed by atoms with E-state index in [2.05, 4.69) is 5.32 Å². The number of amides is 1. The van der Waals surface area contributed by atoms with Gasteiger partial charge < -0.3 is 10.1 Å². The zero-order valence-electron chi connectivity index (χ0n) is 11.8. The van der Waals surface area contributed by atoms with Crippen LogP contribution < -0.4 is 10.1 Å². The van der Waals surface area contributed by atoms with Crippen molar-refractivity contribution >= 4 is 17.5 Å². The summed E-state index contributed by atoms with van der Waals surface area (Å²) in [6, 6.07) is 13.5. The Morgan fingerprint density at radius 1 is 1.23 bits per heavy atom. The first-order valence-corrected chi connectivity index (χ1v) is 7.48. The lowest BCUT2D eigenvalue weighted by Crippen LogP contribution is -2.33. The van der Waals surface area contributed by atoms with E-state index < -0.39 is 11.9 Å². The van der Waals surface area contributed by atoms with Crippen LogP contribution in [0, 0.1) is 5.82 Å². The van der Waals surface area contributed by atoms with Gasteiger partial charge in [0.15, 0.2) is 0 Å². The molecule has 114 valence electrons. The number of nitrogens with one attached hydrogen (secondary N) is 1. The van der Waals surface area contributed by atoms with Crippen LogP contribution in [-0.4, -0.2) is 11.9 Å². The number of carbonyl (C=O) groups excluding carboxylic acids is 1. The second kappa shape index (κ2) is 6.36. The highest BCUT2D eigenvalue weighted by atomic mass is 35.5. The third kappa shape index (κ3) is 3.57. The molecule has 22 heavy (non-hydrogen) atoms. The number of rotatable bonds is 5. The first kappa shape index (κ1) is 14.9. The van der Waals surface area contributed by atoms with Crippen LogP contribution >= 0.6 is 11.6 Å². The minimum atomic E-state index is -0.789. The maximum Gasteiger partial charge on any atom is 0.266 e. The quantitative estimate of drug-likeness (QED) is 0.908. The summed E-state index contributed by atoms with van der Waals surface area (Å²) in [5, 5.41) is 2.89. The summed E-state index contributed by atoms with van der Waals surface area (Å²) in [6.45, 7) is 0. The molecule has 3 nitrogen and oxygen atoms in total. The highest BCUT2D eigenvalue weighted by Gasteiger charge is 2.29. The minimum Gasteiger partial charge on any atom is -0.476 e. The van der Waals surface area contributed by atoms with Gasteiger partial charge in [0.25, 0.3) is 5.91 Å². The first-order valence-electron chi connectivity index (χ1n) is 7.10. The summed E-state index contributed by atoms with van der Waals surface area (Å²) in [4.78, 5) is 12.4. The normalized spacial score (nSPS) is 15.2. The number of hydrogen-bond acceptors (Lipinski definition) is 2. The molecule has 1 aliphatic carbocycles. The Kier molecular flexibility index (Phi) is 4.29. The smallest absolute Gasteiger partial charge is 0.266 e. The van der Waals surface area contributed by atoms with Gasteiger partial charge in [-0.1, -0.05) is 41.9 Å². The molecular weight excluding hydrogens is 305 g/mol. The van der Waals surface area contributed by atoms with Crippen molar-refractivity contribution in [1.29, 1.82) is 0 Å². The van der Waals surface area contributed by atoms with Crippen LogP contribution in [0.25, 0.3) is 0 Å². The number of ether oxygens (including phenoxy) is 1. The molecule has 1 saturated carbocycles. The molecule has 1 amide bonds. The van der Waals surface area contributed by atoms with E-state index >= 15 is 0 Å². The van der Waals surface area contributed by atoms with Crippen molar-refractivity contribution in [3.8, 4) is 5.75 Å². The van der Waals surface area contributed by atoms with Gasteiger partial charge in [-0.05, 0) is 25.0 Å². The zero-order chi connectivity index (χ0) is 15.5. The molecular formula is C17H15ClFNO2. The fraction of sp³-hybridized carbons (Fsp3) is 0.235. The van der Waals surface area contributed by atoms with E-state index in [1.54, 1.807) is 0 Å². The Morgan fingerprint density at radius 2 is 1.95 bits per heavy atom. The van der Waals surface area contributed by atoms with Crippen molar-refractivity contribution < 1.29 is 13.9 Å². The van der Waals surface area contributed by atoms with E-state index in [0.29, 0.717) is 5.75 Å². The molecule has 0 unspecified atom stereocenters. The van der Waals surface area contributed by atoms with Crippen molar-refractivity contribution in [2.24, 2.45) is 0 Å². The molecule has 1 aliphatic rings. The molecule has 0 bridgehead atoms. The summed E-state index contributed by atoms with van der Waals surface area (Å²) in [5.74, 6) is -0.368. The summed E-state index contributed by atoms with van der Waals surface area (Å²) >= 11 is 5.76. The van der Waals surface area contributed by atoms with Crippen molar-refractivity contribution in [1.82, 2.24) is 5.32 Å². The van der Waals surface area contributed by atoms with Gasteiger partial charge in [-0.2, -0.15) is 0 Å². The predicted molar refractivity (Wildman–Crippen MR) is 82.4 cm³/mol. The van der Waals surface area contributed by atoms with Gasteiger partial charge in [-0.3, -0.25) is 4.79 Å². The molecule has 0 aromatic heterocycles. The minimum absolute atomic E-state index is 0.0353. The van der Waals surface area contributed by atoms with Gasteiger partial charge in [0, 0.05) is 17.7 Å². The maximum atomic E-state index is 13.2. The number of carbonyl (C=O) groups is 1. The van der Waals surface area contributed by atoms with Gasteiger partial charge in [-0.15, -0.1) is 0 Å². The van der Waals surface area contributed by atoms with Crippen LogP contribution in [0.1, 0.15) is 24.5 Å². The van der Waals surface area contributed by atoms with Crippen molar-refractivity contribution in [2.75, 3.05) is 0 Å². The third-order valence-electron chi connectivity index (χ3n) is 3.41. The molecule has 5 heteroatoms. The average molecular weight is 320 g/mol. The molecule has 1 N–H and O–H groups in total. The Bertz CT molecular complexity index is 674. The summed E-state index contributed by atoms with van der Waals surface area (Å²) in [7, 11) is 0. The summed E-state index contributed by atoms with van der Waals surface area (Å²) < 4.78 is 19.0. The van der Waals surface area contributed by atoms with E-state index in [1.807, 2.05) is 30.3 Å². The van der Waals surface area contributed by atoms with Crippen molar-refractivity contribution in [2.45, 2.75) is 25.0 Å². The Morgan fingerprint density at radius 3 is 2.59 bits per heavy atom. The lowest BCUT2D eigenvalue weighted by molar-refractivity contribution is -0.128. The zero-order valence-corrected chi connectivity index (χ0v) is 12.5. The topological polar surface area (TPSA) is 38.3 Å². The van der Waals surface area contributed by atoms with Crippen LogP contribution in [0.15, 0.2) is 48.5 Å². The standard InChI is InChI=1S/C17H15ClFNO2/c18-14-10-13(8-9-15(14)19)22-16(11-4-2-1-3-5-11)17(21)20-12-6-7-12/h1-5,8-10,12,16H,6-7H2,(H,20,21)/t16-/m1/s1. The second-order valence-corrected chi connectivity index (χ2v) is 5.67. The molecule has 1 fully saturated rings. The van der Waals surface area contributed by atoms with Crippen LogP contribution in [0.4, 0.5) is 4.39 Å². The van der Waals surface area contributed by atoms with Crippen molar-refractivity contribution in [3.63, 3.8) is 0 Å². The molecule has 0 heterocycles. The average Bonchev–Trinajstić information content (AvgIpc) is 3.33.